The van der Waals surface area contributed by atoms with Crippen LogP contribution in [0.3, 0.4) is 0 Å². The van der Waals surface area contributed by atoms with Crippen molar-refractivity contribution in [1.29, 1.82) is 0 Å². The largest absolute Gasteiger partial charge is 0.385 e. The minimum absolute atomic E-state index is 0.0863. The quantitative estimate of drug-likeness (QED) is 0.700. The second-order valence-corrected chi connectivity index (χ2v) is 4.97. The molecule has 2 N–H and O–H groups in total. The molecule has 0 saturated carbocycles. The number of amides is 2. The van der Waals surface area contributed by atoms with Crippen molar-refractivity contribution in [2.45, 2.75) is 6.42 Å². The van der Waals surface area contributed by atoms with Crippen LogP contribution in [0, 0.1) is 0 Å². The number of methoxy groups -OCH3 is 1. The van der Waals surface area contributed by atoms with Crippen LogP contribution in [-0.2, 0) is 9.53 Å². The second-order valence-electron chi connectivity index (χ2n) is 4.97. The van der Waals surface area contributed by atoms with E-state index in [1.54, 1.807) is 36.3 Å². The summed E-state index contributed by atoms with van der Waals surface area (Å²) in [5.74, 6) is -0.214. The fourth-order valence-corrected chi connectivity index (χ4v) is 1.71. The summed E-state index contributed by atoms with van der Waals surface area (Å²) < 4.78 is 4.91. The lowest BCUT2D eigenvalue weighted by molar-refractivity contribution is -0.116. The predicted octanol–water partition coefficient (Wildman–Crippen LogP) is 0.953. The summed E-state index contributed by atoms with van der Waals surface area (Å²) in [6.45, 7) is 1.52. The molecule has 0 radical (unpaired) electrons. The molecule has 0 bridgehead atoms. The normalized spacial score (nSPS) is 10.5. The Kier molecular flexibility index (Phi) is 7.42. The van der Waals surface area contributed by atoms with Crippen molar-refractivity contribution in [2.24, 2.45) is 0 Å². The fourth-order valence-electron chi connectivity index (χ4n) is 1.71. The summed E-state index contributed by atoms with van der Waals surface area (Å²) >= 11 is 0. The third-order valence-corrected chi connectivity index (χ3v) is 2.70. The van der Waals surface area contributed by atoms with E-state index in [0.29, 0.717) is 30.9 Å². The minimum Gasteiger partial charge on any atom is -0.385 e. The van der Waals surface area contributed by atoms with Crippen LogP contribution in [-0.4, -0.2) is 57.6 Å². The van der Waals surface area contributed by atoms with E-state index in [1.165, 1.54) is 0 Å². The van der Waals surface area contributed by atoms with Gasteiger partial charge in [-0.15, -0.1) is 0 Å². The maximum atomic E-state index is 11.8. The van der Waals surface area contributed by atoms with Gasteiger partial charge in [-0.3, -0.25) is 9.59 Å². The van der Waals surface area contributed by atoms with Crippen molar-refractivity contribution in [2.75, 3.05) is 46.2 Å². The highest BCUT2D eigenvalue weighted by Gasteiger charge is 2.06. The Morgan fingerprint density at radius 2 is 1.86 bits per heavy atom. The van der Waals surface area contributed by atoms with E-state index in [1.807, 2.05) is 14.1 Å². The van der Waals surface area contributed by atoms with Gasteiger partial charge in [-0.05, 0) is 44.8 Å². The van der Waals surface area contributed by atoms with E-state index in [9.17, 15) is 9.59 Å². The van der Waals surface area contributed by atoms with Gasteiger partial charge in [-0.25, -0.2) is 0 Å². The van der Waals surface area contributed by atoms with Gasteiger partial charge in [0.05, 0.1) is 6.54 Å². The highest BCUT2D eigenvalue weighted by molar-refractivity contribution is 5.96. The molecule has 0 spiro atoms. The van der Waals surface area contributed by atoms with E-state index in [2.05, 4.69) is 10.6 Å². The zero-order valence-electron chi connectivity index (χ0n) is 12.8. The highest BCUT2D eigenvalue weighted by Crippen LogP contribution is 2.09. The molecule has 0 aromatic heterocycles. The Morgan fingerprint density at radius 3 is 2.43 bits per heavy atom. The number of ether oxygens (including phenoxy) is 1. The zero-order chi connectivity index (χ0) is 15.7. The lowest BCUT2D eigenvalue weighted by atomic mass is 10.2. The zero-order valence-corrected chi connectivity index (χ0v) is 12.8. The number of nitrogens with zero attached hydrogens (tertiary/aromatic N) is 1. The lowest BCUT2D eigenvalue weighted by Crippen LogP contribution is -2.27. The molecule has 0 saturated heterocycles. The smallest absolute Gasteiger partial charge is 0.251 e. The number of benzene rings is 1. The summed E-state index contributed by atoms with van der Waals surface area (Å²) in [6.07, 6.45) is 0.779. The fraction of sp³-hybridized carbons (Fsp3) is 0.467. The summed E-state index contributed by atoms with van der Waals surface area (Å²) in [5, 5.41) is 5.58. The van der Waals surface area contributed by atoms with Gasteiger partial charge < -0.3 is 20.3 Å². The topological polar surface area (TPSA) is 70.7 Å². The maximum Gasteiger partial charge on any atom is 0.251 e. The van der Waals surface area contributed by atoms with E-state index in [-0.39, 0.29) is 11.8 Å². The number of nitrogens with one attached hydrogen (secondary N) is 2. The molecule has 0 aliphatic carbocycles. The number of hydrogen-bond acceptors (Lipinski definition) is 4. The summed E-state index contributed by atoms with van der Waals surface area (Å²) in [6, 6.07) is 6.82. The molecule has 0 unspecified atom stereocenters. The van der Waals surface area contributed by atoms with Crippen LogP contribution in [0.2, 0.25) is 0 Å². The Morgan fingerprint density at radius 1 is 1.19 bits per heavy atom. The Balaban J connectivity index is 2.46. The second kappa shape index (κ2) is 9.10. The van der Waals surface area contributed by atoms with Crippen LogP contribution < -0.4 is 10.6 Å². The Labute approximate surface area is 125 Å². The lowest BCUT2D eigenvalue weighted by Gasteiger charge is -2.10. The summed E-state index contributed by atoms with van der Waals surface area (Å²) in [5.41, 5.74) is 1.25. The number of rotatable bonds is 8. The number of anilines is 1. The van der Waals surface area contributed by atoms with E-state index in [4.69, 9.17) is 4.74 Å². The van der Waals surface area contributed by atoms with Crippen molar-refractivity contribution in [3.63, 3.8) is 0 Å². The molecule has 116 valence electrons. The van der Waals surface area contributed by atoms with Gasteiger partial charge in [0.25, 0.3) is 5.91 Å². The number of likely N-dealkylation sites (N-methyl/N-ethyl adjacent to an activating group) is 1. The summed E-state index contributed by atoms with van der Waals surface area (Å²) in [4.78, 5) is 25.2. The van der Waals surface area contributed by atoms with Gasteiger partial charge in [0.15, 0.2) is 0 Å². The molecule has 21 heavy (non-hydrogen) atoms. The first-order valence-corrected chi connectivity index (χ1v) is 6.84. The highest BCUT2D eigenvalue weighted by atomic mass is 16.5. The van der Waals surface area contributed by atoms with Crippen molar-refractivity contribution in [3.8, 4) is 0 Å². The first kappa shape index (κ1) is 17.1. The van der Waals surface area contributed by atoms with Crippen LogP contribution in [0.15, 0.2) is 24.3 Å². The average Bonchev–Trinajstić information content (AvgIpc) is 2.43. The van der Waals surface area contributed by atoms with Gasteiger partial charge >= 0.3 is 0 Å². The monoisotopic (exact) mass is 293 g/mol. The number of carbonyl (C=O) groups is 2. The molecule has 1 aromatic rings. The number of carbonyl (C=O) groups excluding carboxylic acids is 2. The van der Waals surface area contributed by atoms with Gasteiger partial charge in [-0.2, -0.15) is 0 Å². The molecule has 0 aliphatic heterocycles. The Bertz CT molecular complexity index is 458. The molecule has 0 fully saturated rings. The van der Waals surface area contributed by atoms with E-state index < -0.39 is 0 Å². The molecule has 1 aromatic carbocycles. The third-order valence-electron chi connectivity index (χ3n) is 2.70. The summed E-state index contributed by atoms with van der Waals surface area (Å²) in [7, 11) is 5.29. The van der Waals surface area contributed by atoms with Crippen LogP contribution >= 0.6 is 0 Å². The molecule has 1 rings (SSSR count). The molecule has 2 amide bonds. The SMILES string of the molecule is COCCCNC(=O)c1ccc(NC(=O)CN(C)C)cc1. The van der Waals surface area contributed by atoms with Gasteiger partial charge in [0, 0.05) is 31.5 Å². The van der Waals surface area contributed by atoms with Crippen LogP contribution in [0.25, 0.3) is 0 Å². The first-order valence-electron chi connectivity index (χ1n) is 6.84. The molecule has 0 heterocycles. The van der Waals surface area contributed by atoms with E-state index in [0.717, 1.165) is 6.42 Å². The van der Waals surface area contributed by atoms with Crippen LogP contribution in [0.5, 0.6) is 0 Å². The molecular weight excluding hydrogens is 270 g/mol. The molecule has 6 heteroatoms. The van der Waals surface area contributed by atoms with Crippen LogP contribution in [0.4, 0.5) is 5.69 Å². The maximum absolute atomic E-state index is 11.8. The molecular formula is C15H23N3O3. The van der Waals surface area contributed by atoms with Crippen molar-refractivity contribution in [3.05, 3.63) is 29.8 Å². The third kappa shape index (κ3) is 6.87. The van der Waals surface area contributed by atoms with Gasteiger partial charge in [0.2, 0.25) is 5.91 Å². The van der Waals surface area contributed by atoms with Crippen molar-refractivity contribution in [1.82, 2.24) is 10.2 Å². The standard InChI is InChI=1S/C15H23N3O3/c1-18(2)11-14(19)17-13-7-5-12(6-8-13)15(20)16-9-4-10-21-3/h5-8H,4,9-11H2,1-3H3,(H,16,20)(H,17,19). The molecule has 0 atom stereocenters. The van der Waals surface area contributed by atoms with Crippen molar-refractivity contribution < 1.29 is 14.3 Å². The molecule has 6 nitrogen and oxygen atoms in total. The predicted molar refractivity (Wildman–Crippen MR) is 82.5 cm³/mol. The Hall–Kier alpha value is -1.92. The van der Waals surface area contributed by atoms with E-state index >= 15 is 0 Å². The average molecular weight is 293 g/mol. The van der Waals surface area contributed by atoms with Crippen LogP contribution in [0.1, 0.15) is 16.8 Å². The number of hydrogen-bond donors (Lipinski definition) is 2. The van der Waals surface area contributed by atoms with Crippen molar-refractivity contribution >= 4 is 17.5 Å². The van der Waals surface area contributed by atoms with Gasteiger partial charge in [0.1, 0.15) is 0 Å². The molecule has 0 aliphatic rings. The minimum atomic E-state index is -0.128. The van der Waals surface area contributed by atoms with Gasteiger partial charge in [-0.1, -0.05) is 0 Å². The first-order chi connectivity index (χ1) is 10.0.